The van der Waals surface area contributed by atoms with Gasteiger partial charge in [-0.2, -0.15) is 4.98 Å². The second kappa shape index (κ2) is 12.9. The van der Waals surface area contributed by atoms with Crippen LogP contribution in [0.5, 0.6) is 0 Å². The molecule has 1 atom stereocenters. The highest BCUT2D eigenvalue weighted by Crippen LogP contribution is 2.24. The summed E-state index contributed by atoms with van der Waals surface area (Å²) in [5, 5.41) is 10.8. The standard InChI is InChI=1S/C16H21N7.C7H14N2O.C2H4/c1-12(2)22-10-14(17-11-22)18-15-13-6-5-9-23(13)20-16(19-15)21-7-3-4-8-21;1-9-4-2-3-7(5-9)8-6-10;1-2/h5-6,9-12H,3-4,7-8H2,1-2H3,(H,18,19,20);6-7H,2-5H2,1H3,(H,8,10);1-2H2/t;7-;/m.1./s1. The number of likely N-dealkylation sites (N-methyl/N-ethyl adjacent to an activating group) is 1. The highest BCUT2D eigenvalue weighted by atomic mass is 16.1. The second-order valence-corrected chi connectivity index (χ2v) is 9.10. The van der Waals surface area contributed by atoms with Gasteiger partial charge in [0.25, 0.3) is 0 Å². The minimum absolute atomic E-state index is 0.385. The van der Waals surface area contributed by atoms with Crippen LogP contribution in [0.15, 0.2) is 44.0 Å². The molecular formula is C25H39N9O. The second-order valence-electron chi connectivity index (χ2n) is 9.10. The van der Waals surface area contributed by atoms with E-state index in [-0.39, 0.29) is 0 Å². The van der Waals surface area contributed by atoms with Gasteiger partial charge in [-0.1, -0.05) is 0 Å². The van der Waals surface area contributed by atoms with Crippen molar-refractivity contribution in [2.24, 2.45) is 0 Å². The van der Waals surface area contributed by atoms with E-state index in [1.54, 1.807) is 0 Å². The van der Waals surface area contributed by atoms with Gasteiger partial charge in [-0.05, 0) is 65.3 Å². The number of amides is 1. The number of carbonyl (C=O) groups excluding carboxylic acids is 1. The summed E-state index contributed by atoms with van der Waals surface area (Å²) in [7, 11) is 2.08. The maximum absolute atomic E-state index is 10.1. The molecule has 3 aromatic rings. The molecule has 0 bridgehead atoms. The fraction of sp³-hybridized carbons (Fsp3) is 0.520. The fourth-order valence-corrected chi connectivity index (χ4v) is 4.27. The first-order chi connectivity index (χ1) is 17.0. The molecule has 0 saturated carbocycles. The van der Waals surface area contributed by atoms with Crippen molar-refractivity contribution in [2.75, 3.05) is 43.4 Å². The van der Waals surface area contributed by atoms with Crippen LogP contribution in [0.4, 0.5) is 17.6 Å². The molecule has 35 heavy (non-hydrogen) atoms. The maximum atomic E-state index is 10.1. The van der Waals surface area contributed by atoms with E-state index in [1.165, 1.54) is 19.3 Å². The number of rotatable bonds is 6. The molecular weight excluding hydrogens is 442 g/mol. The minimum atomic E-state index is 0.385. The van der Waals surface area contributed by atoms with Crippen LogP contribution < -0.4 is 15.5 Å². The number of fused-ring (bicyclic) bond motifs is 1. The van der Waals surface area contributed by atoms with Gasteiger partial charge in [0, 0.05) is 44.1 Å². The lowest BCUT2D eigenvalue weighted by Gasteiger charge is -2.28. The van der Waals surface area contributed by atoms with E-state index >= 15 is 0 Å². The van der Waals surface area contributed by atoms with Crippen molar-refractivity contribution in [3.8, 4) is 0 Å². The number of anilines is 3. The smallest absolute Gasteiger partial charge is 0.245 e. The van der Waals surface area contributed by atoms with E-state index in [0.717, 1.165) is 62.1 Å². The van der Waals surface area contributed by atoms with Crippen molar-refractivity contribution < 1.29 is 4.79 Å². The Kier molecular flexibility index (Phi) is 9.66. The number of piperidine rings is 1. The van der Waals surface area contributed by atoms with Crippen LogP contribution in [0.1, 0.15) is 45.6 Å². The molecule has 5 rings (SSSR count). The lowest BCUT2D eigenvalue weighted by atomic mass is 10.1. The zero-order valence-electron chi connectivity index (χ0n) is 21.2. The van der Waals surface area contributed by atoms with E-state index < -0.39 is 0 Å². The Bertz CT molecular complexity index is 1050. The quantitative estimate of drug-likeness (QED) is 0.411. The SMILES string of the molecule is C=C.CC(C)n1cnc(Nc2nc(N3CCCC3)nn3cccc23)c1.CN1CCC[C@@H](NC=O)C1. The van der Waals surface area contributed by atoms with Crippen LogP contribution in [0, 0.1) is 0 Å². The molecule has 2 saturated heterocycles. The number of aromatic nitrogens is 5. The van der Waals surface area contributed by atoms with Gasteiger partial charge < -0.3 is 25.0 Å². The average molecular weight is 482 g/mol. The van der Waals surface area contributed by atoms with Gasteiger partial charge in [-0.3, -0.25) is 4.79 Å². The van der Waals surface area contributed by atoms with Gasteiger partial charge in [0.1, 0.15) is 11.3 Å². The minimum Gasteiger partial charge on any atom is -0.355 e. The number of imidazole rings is 1. The predicted molar refractivity (Wildman–Crippen MR) is 141 cm³/mol. The Morgan fingerprint density at radius 3 is 2.60 bits per heavy atom. The number of likely N-dealkylation sites (tertiary alicyclic amines) is 1. The normalized spacial score (nSPS) is 17.9. The molecule has 2 fully saturated rings. The van der Waals surface area contributed by atoms with E-state index in [0.29, 0.717) is 12.1 Å². The summed E-state index contributed by atoms with van der Waals surface area (Å²) >= 11 is 0. The van der Waals surface area contributed by atoms with Crippen molar-refractivity contribution in [1.29, 1.82) is 0 Å². The molecule has 2 aliphatic rings. The van der Waals surface area contributed by atoms with E-state index in [4.69, 9.17) is 4.98 Å². The third-order valence-corrected chi connectivity index (χ3v) is 6.14. The number of hydrogen-bond acceptors (Lipinski definition) is 7. The van der Waals surface area contributed by atoms with Crippen molar-refractivity contribution in [1.82, 2.24) is 34.4 Å². The monoisotopic (exact) mass is 481 g/mol. The Morgan fingerprint density at radius 1 is 1.17 bits per heavy atom. The van der Waals surface area contributed by atoms with Crippen molar-refractivity contribution in [3.05, 3.63) is 44.0 Å². The van der Waals surface area contributed by atoms with Crippen molar-refractivity contribution in [3.63, 3.8) is 0 Å². The summed E-state index contributed by atoms with van der Waals surface area (Å²) < 4.78 is 3.95. The maximum Gasteiger partial charge on any atom is 0.245 e. The summed E-state index contributed by atoms with van der Waals surface area (Å²) in [5.41, 5.74) is 0.951. The fourth-order valence-electron chi connectivity index (χ4n) is 4.27. The van der Waals surface area contributed by atoms with Gasteiger partial charge in [-0.25, -0.2) is 9.50 Å². The van der Waals surface area contributed by atoms with Crippen LogP contribution in [0.25, 0.3) is 5.52 Å². The Balaban J connectivity index is 0.000000240. The molecule has 10 nitrogen and oxygen atoms in total. The predicted octanol–water partition coefficient (Wildman–Crippen LogP) is 3.48. The third-order valence-electron chi connectivity index (χ3n) is 6.14. The molecule has 2 N–H and O–H groups in total. The van der Waals surface area contributed by atoms with Crippen LogP contribution in [-0.4, -0.2) is 74.7 Å². The van der Waals surface area contributed by atoms with E-state index in [1.807, 2.05) is 35.4 Å². The molecule has 5 heterocycles. The van der Waals surface area contributed by atoms with Crippen LogP contribution in [0.2, 0.25) is 0 Å². The van der Waals surface area contributed by atoms with Crippen LogP contribution in [-0.2, 0) is 4.79 Å². The highest BCUT2D eigenvalue weighted by molar-refractivity contribution is 5.72. The van der Waals surface area contributed by atoms with E-state index in [9.17, 15) is 4.79 Å². The van der Waals surface area contributed by atoms with Gasteiger partial charge in [-0.15, -0.1) is 18.3 Å². The number of nitrogens with one attached hydrogen (secondary N) is 2. The third kappa shape index (κ3) is 7.05. The first-order valence-corrected chi connectivity index (χ1v) is 12.3. The van der Waals surface area contributed by atoms with Crippen molar-refractivity contribution in [2.45, 2.75) is 51.6 Å². The highest BCUT2D eigenvalue weighted by Gasteiger charge is 2.18. The van der Waals surface area contributed by atoms with Crippen molar-refractivity contribution >= 4 is 29.5 Å². The summed E-state index contributed by atoms with van der Waals surface area (Å²) in [6.07, 6.45) is 11.3. The Hall–Kier alpha value is -3.40. The van der Waals surface area contributed by atoms with Gasteiger partial charge in [0.2, 0.25) is 12.4 Å². The van der Waals surface area contributed by atoms with Crippen LogP contribution >= 0.6 is 0 Å². The summed E-state index contributed by atoms with van der Waals surface area (Å²) in [4.78, 5) is 23.7. The number of nitrogens with zero attached hydrogens (tertiary/aromatic N) is 7. The number of hydrogen-bond donors (Lipinski definition) is 2. The lowest BCUT2D eigenvalue weighted by molar-refractivity contribution is -0.110. The topological polar surface area (TPSA) is 95.6 Å². The molecule has 0 unspecified atom stereocenters. The van der Waals surface area contributed by atoms with Gasteiger partial charge in [0.15, 0.2) is 5.82 Å². The largest absolute Gasteiger partial charge is 0.355 e. The Labute approximate surface area is 208 Å². The molecule has 1 amide bonds. The van der Waals surface area contributed by atoms with Gasteiger partial charge in [0.05, 0.1) is 6.33 Å². The summed E-state index contributed by atoms with van der Waals surface area (Å²) in [6, 6.07) is 4.76. The summed E-state index contributed by atoms with van der Waals surface area (Å²) in [5.74, 6) is 2.37. The average Bonchev–Trinajstić information content (AvgIpc) is 3.63. The lowest BCUT2D eigenvalue weighted by Crippen LogP contribution is -2.43. The molecule has 0 aromatic carbocycles. The summed E-state index contributed by atoms with van der Waals surface area (Å²) in [6.45, 7) is 14.5. The molecule has 0 radical (unpaired) electrons. The Morgan fingerprint density at radius 2 is 1.94 bits per heavy atom. The first-order valence-electron chi connectivity index (χ1n) is 12.3. The van der Waals surface area contributed by atoms with Crippen LogP contribution in [0.3, 0.4) is 0 Å². The molecule has 0 spiro atoms. The molecule has 10 heteroatoms. The molecule has 3 aromatic heterocycles. The molecule has 0 aliphatic carbocycles. The first kappa shape index (κ1) is 26.2. The zero-order chi connectivity index (χ0) is 25.2. The van der Waals surface area contributed by atoms with Gasteiger partial charge >= 0.3 is 0 Å². The van der Waals surface area contributed by atoms with E-state index in [2.05, 4.69) is 69.1 Å². The zero-order valence-corrected chi connectivity index (χ0v) is 21.2. The molecule has 190 valence electrons. The number of carbonyl (C=O) groups is 1. The molecule has 2 aliphatic heterocycles.